The number of imide groups is 1. The Bertz CT molecular complexity index is 86.6. The average molecular weight is 123 g/mol. The quantitative estimate of drug-likeness (QED) is 0.387. The van der Waals surface area contributed by atoms with Crippen LogP contribution in [0.15, 0.2) is 0 Å². The lowest BCUT2D eigenvalue weighted by molar-refractivity contribution is 0.174. The summed E-state index contributed by atoms with van der Waals surface area (Å²) in [6.45, 7) is 0. The van der Waals surface area contributed by atoms with Gasteiger partial charge >= 0.3 is 12.2 Å². The number of carboxylic acid groups (broad SMARTS) is 2. The van der Waals surface area contributed by atoms with E-state index in [0.717, 1.165) is 5.32 Å². The minimum Gasteiger partial charge on any atom is -0.465 e. The lowest BCUT2D eigenvalue weighted by atomic mass is 11.0. The molecule has 0 rings (SSSR count). The summed E-state index contributed by atoms with van der Waals surface area (Å²) in [6, 6.07) is 0. The van der Waals surface area contributed by atoms with Crippen LogP contribution in [0, 0.1) is 0 Å². The van der Waals surface area contributed by atoms with Gasteiger partial charge < -0.3 is 15.7 Å². The second kappa shape index (κ2) is 3.88. The fourth-order valence-electron chi connectivity index (χ4n) is 0.0915. The van der Waals surface area contributed by atoms with Crippen molar-refractivity contribution in [3.05, 3.63) is 0 Å². The van der Waals surface area contributed by atoms with Crippen molar-refractivity contribution in [2.24, 2.45) is 0 Å². The molecular formula is C2H5NO5. The number of hydrogen-bond acceptors (Lipinski definition) is 2. The Morgan fingerprint density at radius 3 is 1.38 bits per heavy atom. The van der Waals surface area contributed by atoms with E-state index in [0.29, 0.717) is 0 Å². The zero-order valence-electron chi connectivity index (χ0n) is 3.71. The number of hydrogen-bond donors (Lipinski definition) is 3. The molecule has 0 spiro atoms. The molecule has 5 N–H and O–H groups in total. The van der Waals surface area contributed by atoms with Gasteiger partial charge in [-0.1, -0.05) is 0 Å². The van der Waals surface area contributed by atoms with Crippen molar-refractivity contribution in [2.75, 3.05) is 0 Å². The van der Waals surface area contributed by atoms with Crippen molar-refractivity contribution >= 4 is 12.2 Å². The van der Waals surface area contributed by atoms with Crippen LogP contribution >= 0.6 is 0 Å². The van der Waals surface area contributed by atoms with Crippen molar-refractivity contribution in [1.29, 1.82) is 0 Å². The summed E-state index contributed by atoms with van der Waals surface area (Å²) in [4.78, 5) is 18.6. The van der Waals surface area contributed by atoms with Gasteiger partial charge in [0.2, 0.25) is 0 Å². The molecule has 2 amide bonds. The molecule has 0 atom stereocenters. The largest absolute Gasteiger partial charge is 0.465 e. The highest BCUT2D eigenvalue weighted by molar-refractivity contribution is 5.84. The van der Waals surface area contributed by atoms with Gasteiger partial charge in [0, 0.05) is 0 Å². The van der Waals surface area contributed by atoms with Crippen molar-refractivity contribution in [3.8, 4) is 0 Å². The predicted octanol–water partition coefficient (Wildman–Crippen LogP) is -0.893. The number of nitrogens with one attached hydrogen (secondary N) is 1. The van der Waals surface area contributed by atoms with Gasteiger partial charge in [0.05, 0.1) is 0 Å². The third-order valence-electron chi connectivity index (χ3n) is 0.214. The molecule has 6 nitrogen and oxygen atoms in total. The van der Waals surface area contributed by atoms with E-state index in [-0.39, 0.29) is 5.48 Å². The summed E-state index contributed by atoms with van der Waals surface area (Å²) in [5, 5.41) is 16.3. The maximum atomic E-state index is 9.32. The predicted molar refractivity (Wildman–Crippen MR) is 22.8 cm³/mol. The second-order valence-corrected chi connectivity index (χ2v) is 0.735. The Hall–Kier alpha value is -1.30. The summed E-state index contributed by atoms with van der Waals surface area (Å²) < 4.78 is 0. The molecule has 8 heavy (non-hydrogen) atoms. The van der Waals surface area contributed by atoms with Gasteiger partial charge in [-0.05, 0) is 0 Å². The van der Waals surface area contributed by atoms with Crippen molar-refractivity contribution in [2.45, 2.75) is 0 Å². The lowest BCUT2D eigenvalue weighted by Crippen LogP contribution is -2.26. The molecule has 0 radical (unpaired) electrons. The van der Waals surface area contributed by atoms with E-state index < -0.39 is 12.2 Å². The second-order valence-electron chi connectivity index (χ2n) is 0.735. The van der Waals surface area contributed by atoms with Crippen LogP contribution < -0.4 is 5.32 Å². The Kier molecular flexibility index (Phi) is 4.77. The molecule has 0 saturated carbocycles. The van der Waals surface area contributed by atoms with E-state index in [2.05, 4.69) is 0 Å². The monoisotopic (exact) mass is 123 g/mol. The Labute approximate surface area is 44.0 Å². The molecule has 48 valence electrons. The van der Waals surface area contributed by atoms with Crippen LogP contribution in [0.2, 0.25) is 0 Å². The van der Waals surface area contributed by atoms with Gasteiger partial charge in [0.25, 0.3) is 0 Å². The van der Waals surface area contributed by atoms with Crippen LogP contribution in [0.25, 0.3) is 0 Å². The Morgan fingerprint density at radius 2 is 1.38 bits per heavy atom. The molecule has 0 aromatic rings. The first-order valence-electron chi connectivity index (χ1n) is 1.36. The van der Waals surface area contributed by atoms with E-state index >= 15 is 0 Å². The SMILES string of the molecule is O.O=C(O)NC(=O)O. The van der Waals surface area contributed by atoms with Crippen LogP contribution in [-0.2, 0) is 0 Å². The van der Waals surface area contributed by atoms with E-state index in [1.165, 1.54) is 0 Å². The van der Waals surface area contributed by atoms with Crippen LogP contribution in [0.4, 0.5) is 9.59 Å². The molecule has 0 aliphatic heterocycles. The van der Waals surface area contributed by atoms with Gasteiger partial charge in [0.15, 0.2) is 0 Å². The van der Waals surface area contributed by atoms with Gasteiger partial charge in [-0.25, -0.2) is 14.9 Å². The molecule has 0 aliphatic rings. The minimum atomic E-state index is -1.56. The van der Waals surface area contributed by atoms with E-state index in [1.807, 2.05) is 0 Å². The molecule has 0 heterocycles. The highest BCUT2D eigenvalue weighted by Gasteiger charge is 1.97. The van der Waals surface area contributed by atoms with Crippen LogP contribution in [0.5, 0.6) is 0 Å². The molecule has 0 saturated heterocycles. The zero-order chi connectivity index (χ0) is 5.86. The molecule has 0 aromatic heterocycles. The molecular weight excluding hydrogens is 118 g/mol. The fraction of sp³-hybridized carbons (Fsp3) is 0. The first-order chi connectivity index (χ1) is 3.13. The highest BCUT2D eigenvalue weighted by Crippen LogP contribution is 1.59. The summed E-state index contributed by atoms with van der Waals surface area (Å²) in [6.07, 6.45) is -3.12. The van der Waals surface area contributed by atoms with Gasteiger partial charge in [-0.15, -0.1) is 0 Å². The summed E-state index contributed by atoms with van der Waals surface area (Å²) in [7, 11) is 0. The molecule has 6 heteroatoms. The summed E-state index contributed by atoms with van der Waals surface area (Å²) >= 11 is 0. The maximum absolute atomic E-state index is 9.32. The van der Waals surface area contributed by atoms with Crippen LogP contribution in [-0.4, -0.2) is 27.9 Å². The van der Waals surface area contributed by atoms with Crippen LogP contribution in [0.3, 0.4) is 0 Å². The molecule has 0 unspecified atom stereocenters. The van der Waals surface area contributed by atoms with Crippen molar-refractivity contribution in [1.82, 2.24) is 5.32 Å². The van der Waals surface area contributed by atoms with Gasteiger partial charge in [0.1, 0.15) is 0 Å². The topological polar surface area (TPSA) is 118 Å². The van der Waals surface area contributed by atoms with Crippen molar-refractivity contribution < 1.29 is 25.3 Å². The smallest absolute Gasteiger partial charge is 0.414 e. The van der Waals surface area contributed by atoms with E-state index in [1.54, 1.807) is 0 Å². The first-order valence-corrected chi connectivity index (χ1v) is 1.36. The number of amides is 2. The fourth-order valence-corrected chi connectivity index (χ4v) is 0.0915. The third kappa shape index (κ3) is 8.83. The first kappa shape index (κ1) is 9.85. The van der Waals surface area contributed by atoms with Gasteiger partial charge in [-0.2, -0.15) is 0 Å². The molecule has 0 bridgehead atoms. The maximum Gasteiger partial charge on any atom is 0.414 e. The Balaban J connectivity index is 0. The standard InChI is InChI=1S/C2H3NO4.H2O/c4-1(5)3-2(6)7;/h3H,(H,4,5)(H,6,7);1H2. The average Bonchev–Trinajstić information content (AvgIpc) is 1.27. The summed E-state index contributed by atoms with van der Waals surface area (Å²) in [5.41, 5.74) is 0. The van der Waals surface area contributed by atoms with Gasteiger partial charge in [-0.3, -0.25) is 0 Å². The minimum absolute atomic E-state index is 0. The van der Waals surface area contributed by atoms with Crippen molar-refractivity contribution in [3.63, 3.8) is 0 Å². The van der Waals surface area contributed by atoms with Crippen LogP contribution in [0.1, 0.15) is 0 Å². The van der Waals surface area contributed by atoms with E-state index in [4.69, 9.17) is 10.2 Å². The number of rotatable bonds is 0. The zero-order valence-corrected chi connectivity index (χ0v) is 3.71. The molecule has 0 fully saturated rings. The normalized spacial score (nSPS) is 6.50. The highest BCUT2D eigenvalue weighted by atomic mass is 16.4. The summed E-state index contributed by atoms with van der Waals surface area (Å²) in [5.74, 6) is 0. The number of carbonyl (C=O) groups is 2. The molecule has 0 aromatic carbocycles. The Morgan fingerprint density at radius 1 is 1.12 bits per heavy atom. The third-order valence-corrected chi connectivity index (χ3v) is 0.214. The van der Waals surface area contributed by atoms with E-state index in [9.17, 15) is 9.59 Å². The molecule has 0 aliphatic carbocycles. The lowest BCUT2D eigenvalue weighted by Gasteiger charge is -1.85.